The number of thioether (sulfide) groups is 1. The lowest BCUT2D eigenvalue weighted by atomic mass is 10.1. The number of hydrogen-bond donors (Lipinski definition) is 8. The maximum Gasteiger partial charge on any atom is 0.327 e. The first-order valence-electron chi connectivity index (χ1n) is 8.81. The van der Waals surface area contributed by atoms with Crippen molar-refractivity contribution < 1.29 is 34.5 Å². The molecular weight excluding hydrogens is 424 g/mol. The van der Waals surface area contributed by atoms with Crippen molar-refractivity contribution in [2.45, 2.75) is 56.6 Å². The third kappa shape index (κ3) is 9.67. The Morgan fingerprint density at radius 1 is 0.966 bits per heavy atom. The van der Waals surface area contributed by atoms with Crippen LogP contribution in [0, 0.1) is 0 Å². The molecule has 0 aliphatic rings. The van der Waals surface area contributed by atoms with Gasteiger partial charge in [0.1, 0.15) is 24.2 Å². The molecule has 0 saturated carbocycles. The molecule has 6 atom stereocenters. The molecule has 0 fully saturated rings. The number of carbonyl (C=O) groups excluding carboxylic acids is 3. The molecule has 0 bridgehead atoms. The van der Waals surface area contributed by atoms with Crippen LogP contribution in [0.25, 0.3) is 0 Å². The van der Waals surface area contributed by atoms with E-state index in [2.05, 4.69) is 28.6 Å². The van der Waals surface area contributed by atoms with E-state index in [1.54, 1.807) is 6.26 Å². The minimum absolute atomic E-state index is 0.189. The summed E-state index contributed by atoms with van der Waals surface area (Å²) in [6, 6.07) is -5.08. The van der Waals surface area contributed by atoms with E-state index in [1.807, 2.05) is 0 Å². The largest absolute Gasteiger partial charge is 0.480 e. The SMILES string of the molecule is CSCCC(NC(=O)C(N)C(C)O)C(=O)NC(C(=O)NC(CS)C(=O)O)C(C)O. The molecule has 0 aromatic rings. The summed E-state index contributed by atoms with van der Waals surface area (Å²) in [6.45, 7) is 2.58. The lowest BCUT2D eigenvalue weighted by molar-refractivity contribution is -0.142. The number of nitrogens with one attached hydrogen (secondary N) is 3. The van der Waals surface area contributed by atoms with Crippen molar-refractivity contribution in [3.8, 4) is 0 Å². The Morgan fingerprint density at radius 2 is 1.52 bits per heavy atom. The van der Waals surface area contributed by atoms with Crippen LogP contribution in [0.1, 0.15) is 20.3 Å². The van der Waals surface area contributed by atoms with E-state index in [0.717, 1.165) is 0 Å². The van der Waals surface area contributed by atoms with Gasteiger partial charge in [-0.1, -0.05) is 0 Å². The highest BCUT2D eigenvalue weighted by Gasteiger charge is 2.32. The monoisotopic (exact) mass is 454 g/mol. The average molecular weight is 455 g/mol. The van der Waals surface area contributed by atoms with Crippen LogP contribution in [-0.4, -0.2) is 93.1 Å². The molecule has 0 aromatic heterocycles. The fourth-order valence-corrected chi connectivity index (χ4v) is 2.82. The molecule has 8 N–H and O–H groups in total. The Labute approximate surface area is 179 Å². The van der Waals surface area contributed by atoms with Gasteiger partial charge >= 0.3 is 5.97 Å². The van der Waals surface area contributed by atoms with Crippen LogP contribution in [0.5, 0.6) is 0 Å². The number of aliphatic hydroxyl groups is 2. The first-order valence-corrected chi connectivity index (χ1v) is 10.8. The fraction of sp³-hybridized carbons (Fsp3) is 0.750. The van der Waals surface area contributed by atoms with E-state index >= 15 is 0 Å². The number of carboxylic acid groups (broad SMARTS) is 1. The Bertz CT molecular complexity index is 577. The second-order valence-electron chi connectivity index (χ2n) is 6.42. The van der Waals surface area contributed by atoms with Crippen LogP contribution in [0.15, 0.2) is 0 Å². The van der Waals surface area contributed by atoms with Gasteiger partial charge < -0.3 is 37.0 Å². The van der Waals surface area contributed by atoms with Gasteiger partial charge in [0.2, 0.25) is 17.7 Å². The highest BCUT2D eigenvalue weighted by molar-refractivity contribution is 7.98. The van der Waals surface area contributed by atoms with Crippen LogP contribution >= 0.6 is 24.4 Å². The maximum absolute atomic E-state index is 12.6. The van der Waals surface area contributed by atoms with Crippen molar-refractivity contribution in [1.82, 2.24) is 16.0 Å². The molecule has 0 aliphatic carbocycles. The molecule has 168 valence electrons. The average Bonchev–Trinajstić information content (AvgIpc) is 2.65. The van der Waals surface area contributed by atoms with Crippen LogP contribution in [0.2, 0.25) is 0 Å². The third-order valence-corrected chi connectivity index (χ3v) is 4.93. The van der Waals surface area contributed by atoms with E-state index in [-0.39, 0.29) is 12.2 Å². The number of hydrogen-bond acceptors (Lipinski definition) is 9. The first-order chi connectivity index (χ1) is 13.5. The van der Waals surface area contributed by atoms with Gasteiger partial charge in [-0.15, -0.1) is 0 Å². The number of carboxylic acids is 1. The number of thiol groups is 1. The molecule has 0 rings (SSSR count). The molecule has 13 heteroatoms. The molecule has 0 spiro atoms. The van der Waals surface area contributed by atoms with Gasteiger partial charge in [-0.3, -0.25) is 14.4 Å². The normalized spacial score (nSPS) is 17.2. The van der Waals surface area contributed by atoms with Crippen LogP contribution in [-0.2, 0) is 19.2 Å². The molecule has 0 aromatic carbocycles. The van der Waals surface area contributed by atoms with Crippen molar-refractivity contribution in [1.29, 1.82) is 0 Å². The van der Waals surface area contributed by atoms with Gasteiger partial charge in [0, 0.05) is 5.75 Å². The minimum Gasteiger partial charge on any atom is -0.480 e. The van der Waals surface area contributed by atoms with Gasteiger partial charge in [0.25, 0.3) is 0 Å². The quantitative estimate of drug-likeness (QED) is 0.137. The molecule has 0 heterocycles. The first kappa shape index (κ1) is 27.5. The molecule has 6 unspecified atom stereocenters. The van der Waals surface area contributed by atoms with E-state index in [1.165, 1.54) is 25.6 Å². The predicted molar refractivity (Wildman–Crippen MR) is 112 cm³/mol. The zero-order chi connectivity index (χ0) is 22.7. The Morgan fingerprint density at radius 3 is 1.93 bits per heavy atom. The number of nitrogens with two attached hydrogens (primary N) is 1. The zero-order valence-electron chi connectivity index (χ0n) is 16.5. The number of rotatable bonds is 13. The Kier molecular flexibility index (Phi) is 12.9. The van der Waals surface area contributed by atoms with Crippen LogP contribution < -0.4 is 21.7 Å². The molecule has 0 aliphatic heterocycles. The van der Waals surface area contributed by atoms with Crippen molar-refractivity contribution in [2.75, 3.05) is 17.8 Å². The van der Waals surface area contributed by atoms with Crippen LogP contribution in [0.3, 0.4) is 0 Å². The van der Waals surface area contributed by atoms with Gasteiger partial charge in [0.05, 0.1) is 12.2 Å². The van der Waals surface area contributed by atoms with E-state index in [9.17, 15) is 29.4 Å². The van der Waals surface area contributed by atoms with Gasteiger partial charge in [0.15, 0.2) is 0 Å². The number of amides is 3. The lowest BCUT2D eigenvalue weighted by Gasteiger charge is -2.26. The summed E-state index contributed by atoms with van der Waals surface area (Å²) in [5.74, 6) is -3.43. The second-order valence-corrected chi connectivity index (χ2v) is 7.77. The van der Waals surface area contributed by atoms with Crippen molar-refractivity contribution in [3.05, 3.63) is 0 Å². The number of aliphatic carboxylic acids is 1. The standard InChI is InChI=1S/C16H30N4O7S2/c1-7(21)11(17)14(24)18-9(4-5-29-3)13(23)20-12(8(2)22)15(25)19-10(6-28)16(26)27/h7-12,21-22,28H,4-6,17H2,1-3H3,(H,18,24)(H,19,25)(H,20,23)(H,26,27). The Hall–Kier alpha value is -1.54. The summed E-state index contributed by atoms with van der Waals surface area (Å²) in [5.41, 5.74) is 5.57. The summed E-state index contributed by atoms with van der Waals surface area (Å²) >= 11 is 5.26. The number of carbonyl (C=O) groups is 4. The molecule has 0 saturated heterocycles. The summed E-state index contributed by atoms with van der Waals surface area (Å²) in [4.78, 5) is 48.1. The van der Waals surface area contributed by atoms with Crippen molar-refractivity contribution in [2.24, 2.45) is 5.73 Å². The molecule has 11 nitrogen and oxygen atoms in total. The third-order valence-electron chi connectivity index (χ3n) is 3.93. The summed E-state index contributed by atoms with van der Waals surface area (Å²) in [7, 11) is 0. The summed E-state index contributed by atoms with van der Waals surface area (Å²) in [5, 5.41) is 35.2. The highest BCUT2D eigenvalue weighted by atomic mass is 32.2. The highest BCUT2D eigenvalue weighted by Crippen LogP contribution is 2.04. The molecular formula is C16H30N4O7S2. The molecule has 0 radical (unpaired) electrons. The van der Waals surface area contributed by atoms with E-state index < -0.39 is 60.1 Å². The van der Waals surface area contributed by atoms with Gasteiger partial charge in [-0.05, 0) is 32.3 Å². The smallest absolute Gasteiger partial charge is 0.327 e. The molecule has 29 heavy (non-hydrogen) atoms. The topological polar surface area (TPSA) is 191 Å². The van der Waals surface area contributed by atoms with E-state index in [0.29, 0.717) is 5.75 Å². The lowest BCUT2D eigenvalue weighted by Crippen LogP contribution is -2.60. The van der Waals surface area contributed by atoms with E-state index in [4.69, 9.17) is 10.8 Å². The summed E-state index contributed by atoms with van der Waals surface area (Å²) in [6.07, 6.45) is -0.476. The second kappa shape index (κ2) is 13.6. The van der Waals surface area contributed by atoms with Crippen LogP contribution in [0.4, 0.5) is 0 Å². The maximum atomic E-state index is 12.6. The Balaban J connectivity index is 5.30. The number of aliphatic hydroxyl groups excluding tert-OH is 2. The van der Waals surface area contributed by atoms with Crippen molar-refractivity contribution in [3.63, 3.8) is 0 Å². The van der Waals surface area contributed by atoms with Gasteiger partial charge in [-0.2, -0.15) is 24.4 Å². The fourth-order valence-electron chi connectivity index (χ4n) is 2.10. The zero-order valence-corrected chi connectivity index (χ0v) is 18.2. The van der Waals surface area contributed by atoms with Gasteiger partial charge in [-0.25, -0.2) is 4.79 Å². The minimum atomic E-state index is -1.46. The summed E-state index contributed by atoms with van der Waals surface area (Å²) < 4.78 is 0. The molecule has 3 amide bonds. The van der Waals surface area contributed by atoms with Crippen molar-refractivity contribution >= 4 is 48.1 Å². The predicted octanol–water partition coefficient (Wildman–Crippen LogP) is -2.70.